The van der Waals surface area contributed by atoms with E-state index in [1.165, 1.54) is 6.42 Å². The molecule has 1 aliphatic heterocycles. The predicted molar refractivity (Wildman–Crippen MR) is 59.1 cm³/mol. The average Bonchev–Trinajstić information content (AvgIpc) is 2.14. The number of allylic oxidation sites excluding steroid dienone is 1. The van der Waals surface area contributed by atoms with E-state index < -0.39 is 0 Å². The van der Waals surface area contributed by atoms with Gasteiger partial charge >= 0.3 is 0 Å². The first-order valence-corrected chi connectivity index (χ1v) is 5.89. The van der Waals surface area contributed by atoms with Gasteiger partial charge in [0.15, 0.2) is 0 Å². The summed E-state index contributed by atoms with van der Waals surface area (Å²) in [6, 6.07) is 0. The molecule has 2 rings (SSSR count). The van der Waals surface area contributed by atoms with Gasteiger partial charge in [0.1, 0.15) is 0 Å². The zero-order chi connectivity index (χ0) is 10.3. The lowest BCUT2D eigenvalue weighted by molar-refractivity contribution is -0.0808. The van der Waals surface area contributed by atoms with Gasteiger partial charge in [0.25, 0.3) is 0 Å². The Morgan fingerprint density at radius 3 is 2.79 bits per heavy atom. The fourth-order valence-corrected chi connectivity index (χ4v) is 3.02. The van der Waals surface area contributed by atoms with Crippen LogP contribution < -0.4 is 0 Å². The van der Waals surface area contributed by atoms with Gasteiger partial charge in [-0.15, -0.1) is 0 Å². The van der Waals surface area contributed by atoms with Gasteiger partial charge in [-0.2, -0.15) is 0 Å². The smallest absolute Gasteiger partial charge is 0.0663 e. The second kappa shape index (κ2) is 3.69. The van der Waals surface area contributed by atoms with Gasteiger partial charge in [0.2, 0.25) is 0 Å². The minimum absolute atomic E-state index is 0.468. The maximum atomic E-state index is 6.01. The monoisotopic (exact) mass is 194 g/mol. The second-order valence-corrected chi connectivity index (χ2v) is 5.41. The van der Waals surface area contributed by atoms with E-state index in [-0.39, 0.29) is 0 Å². The van der Waals surface area contributed by atoms with Gasteiger partial charge in [0.05, 0.1) is 12.7 Å². The highest BCUT2D eigenvalue weighted by atomic mass is 16.5. The average molecular weight is 194 g/mol. The van der Waals surface area contributed by atoms with Crippen LogP contribution in [0.5, 0.6) is 0 Å². The van der Waals surface area contributed by atoms with Crippen LogP contribution in [0.25, 0.3) is 0 Å². The summed E-state index contributed by atoms with van der Waals surface area (Å²) in [5.41, 5.74) is 1.56. The van der Waals surface area contributed by atoms with Crippen molar-refractivity contribution in [1.82, 2.24) is 0 Å². The molecule has 0 radical (unpaired) electrons. The first kappa shape index (κ1) is 10.2. The molecule has 4 atom stereocenters. The van der Waals surface area contributed by atoms with Crippen LogP contribution in [0.1, 0.15) is 34.1 Å². The van der Waals surface area contributed by atoms with Crippen molar-refractivity contribution in [3.8, 4) is 0 Å². The number of rotatable bonds is 1. The summed E-state index contributed by atoms with van der Waals surface area (Å²) in [5, 5.41) is 0. The highest BCUT2D eigenvalue weighted by Gasteiger charge is 2.38. The molecule has 14 heavy (non-hydrogen) atoms. The molecule has 1 heteroatoms. The lowest BCUT2D eigenvalue weighted by Crippen LogP contribution is -2.42. The molecule has 1 fully saturated rings. The van der Waals surface area contributed by atoms with Crippen LogP contribution in [-0.2, 0) is 4.74 Å². The molecule has 2 bridgehead atoms. The van der Waals surface area contributed by atoms with Crippen LogP contribution in [-0.4, -0.2) is 12.7 Å². The molecule has 0 N–H and O–H groups in total. The summed E-state index contributed by atoms with van der Waals surface area (Å²) in [6.45, 7) is 10.1. The van der Waals surface area contributed by atoms with Crippen molar-refractivity contribution in [2.24, 2.45) is 23.7 Å². The minimum atomic E-state index is 0.468. The summed E-state index contributed by atoms with van der Waals surface area (Å²) in [5.74, 6) is 2.85. The van der Waals surface area contributed by atoms with Crippen LogP contribution in [0.15, 0.2) is 11.6 Å². The Morgan fingerprint density at radius 2 is 2.14 bits per heavy atom. The molecule has 1 nitrogen and oxygen atoms in total. The normalized spacial score (nSPS) is 42.5. The lowest BCUT2D eigenvalue weighted by Gasteiger charge is -2.44. The first-order chi connectivity index (χ1) is 6.59. The van der Waals surface area contributed by atoms with Crippen molar-refractivity contribution in [3.63, 3.8) is 0 Å². The fourth-order valence-electron chi connectivity index (χ4n) is 3.02. The number of hydrogen-bond donors (Lipinski definition) is 0. The van der Waals surface area contributed by atoms with Gasteiger partial charge < -0.3 is 4.74 Å². The number of fused-ring (bicyclic) bond motifs is 2. The van der Waals surface area contributed by atoms with Gasteiger partial charge in [-0.25, -0.2) is 0 Å². The van der Waals surface area contributed by atoms with E-state index in [0.717, 1.165) is 18.4 Å². The second-order valence-electron chi connectivity index (χ2n) is 5.41. The topological polar surface area (TPSA) is 9.23 Å². The maximum Gasteiger partial charge on any atom is 0.0663 e. The van der Waals surface area contributed by atoms with Gasteiger partial charge in [0, 0.05) is 5.92 Å². The summed E-state index contributed by atoms with van der Waals surface area (Å²) < 4.78 is 6.01. The van der Waals surface area contributed by atoms with E-state index in [0.29, 0.717) is 17.9 Å². The third-order valence-electron chi connectivity index (χ3n) is 3.97. The predicted octanol–water partition coefficient (Wildman–Crippen LogP) is 3.26. The Kier molecular flexibility index (Phi) is 2.70. The van der Waals surface area contributed by atoms with E-state index in [4.69, 9.17) is 4.74 Å². The van der Waals surface area contributed by atoms with E-state index in [2.05, 4.69) is 33.8 Å². The fraction of sp³-hybridized carbons (Fsp3) is 0.846. The molecule has 0 amide bonds. The highest BCUT2D eigenvalue weighted by molar-refractivity contribution is 5.14. The molecule has 1 aliphatic carbocycles. The van der Waals surface area contributed by atoms with Crippen molar-refractivity contribution in [2.45, 2.75) is 40.2 Å². The van der Waals surface area contributed by atoms with E-state index in [1.54, 1.807) is 5.57 Å². The lowest BCUT2D eigenvalue weighted by atomic mass is 9.70. The Bertz CT molecular complexity index is 242. The molecule has 1 saturated heterocycles. The van der Waals surface area contributed by atoms with Crippen molar-refractivity contribution in [3.05, 3.63) is 11.6 Å². The van der Waals surface area contributed by atoms with Gasteiger partial charge in [-0.1, -0.05) is 32.4 Å². The standard InChI is InChI=1S/C13H22O/c1-8(2)13-12-6-11(7-14-13)9(3)5-10(12)4/h5,8-9,11-13H,6-7H2,1-4H3/t9-,11-,12+,13+/m1/s1. The van der Waals surface area contributed by atoms with Crippen LogP contribution in [0.3, 0.4) is 0 Å². The summed E-state index contributed by atoms with van der Waals surface area (Å²) in [4.78, 5) is 0. The van der Waals surface area contributed by atoms with Crippen LogP contribution in [0.4, 0.5) is 0 Å². The highest BCUT2D eigenvalue weighted by Crippen LogP contribution is 2.41. The largest absolute Gasteiger partial charge is 0.377 e. The van der Waals surface area contributed by atoms with Crippen molar-refractivity contribution >= 4 is 0 Å². The molecule has 0 unspecified atom stereocenters. The quantitative estimate of drug-likeness (QED) is 0.582. The molecular formula is C13H22O. The van der Waals surface area contributed by atoms with Gasteiger partial charge in [-0.05, 0) is 31.1 Å². The van der Waals surface area contributed by atoms with Crippen LogP contribution in [0.2, 0.25) is 0 Å². The number of ether oxygens (including phenoxy) is 1. The van der Waals surface area contributed by atoms with Crippen LogP contribution >= 0.6 is 0 Å². The Hall–Kier alpha value is -0.300. The van der Waals surface area contributed by atoms with Crippen molar-refractivity contribution in [1.29, 1.82) is 0 Å². The third kappa shape index (κ3) is 1.63. The van der Waals surface area contributed by atoms with E-state index >= 15 is 0 Å². The molecule has 0 aromatic carbocycles. The molecule has 80 valence electrons. The van der Waals surface area contributed by atoms with E-state index in [1.807, 2.05) is 0 Å². The molecular weight excluding hydrogens is 172 g/mol. The summed E-state index contributed by atoms with van der Waals surface area (Å²) >= 11 is 0. The van der Waals surface area contributed by atoms with E-state index in [9.17, 15) is 0 Å². The molecule has 1 heterocycles. The van der Waals surface area contributed by atoms with Gasteiger partial charge in [-0.3, -0.25) is 0 Å². The summed E-state index contributed by atoms with van der Waals surface area (Å²) in [6.07, 6.45) is 4.29. The minimum Gasteiger partial charge on any atom is -0.377 e. The molecule has 0 aromatic rings. The zero-order valence-electron chi connectivity index (χ0n) is 9.79. The van der Waals surface area contributed by atoms with Crippen molar-refractivity contribution < 1.29 is 4.74 Å². The molecule has 0 aromatic heterocycles. The molecule has 0 spiro atoms. The number of hydrogen-bond acceptors (Lipinski definition) is 1. The maximum absolute atomic E-state index is 6.01. The Labute approximate surface area is 87.5 Å². The summed E-state index contributed by atoms with van der Waals surface area (Å²) in [7, 11) is 0. The molecule has 2 aliphatic rings. The first-order valence-electron chi connectivity index (χ1n) is 5.89. The zero-order valence-corrected chi connectivity index (χ0v) is 9.79. The SMILES string of the molecule is CC1=C[C@@H](C)[C@H]2CO[C@@H](C(C)C)[C@H]1C2. The molecule has 0 saturated carbocycles. The Morgan fingerprint density at radius 1 is 1.43 bits per heavy atom. The Balaban J connectivity index is 2.20. The van der Waals surface area contributed by atoms with Crippen LogP contribution in [0, 0.1) is 23.7 Å². The van der Waals surface area contributed by atoms with Crippen molar-refractivity contribution in [2.75, 3.05) is 6.61 Å². The third-order valence-corrected chi connectivity index (χ3v) is 3.97.